The number of hydrogen-bond acceptors (Lipinski definition) is 9. The van der Waals surface area contributed by atoms with Crippen LogP contribution in [0.15, 0.2) is 111 Å². The molecule has 10 heteroatoms. The lowest BCUT2D eigenvalue weighted by Crippen LogP contribution is -2.39. The fraction of sp³-hybridized carbons (Fsp3) is 0.263. The molecule has 48 heavy (non-hydrogen) atoms. The molecule has 242 valence electrons. The van der Waals surface area contributed by atoms with Gasteiger partial charge >= 0.3 is 0 Å². The standard InChI is InChI=1S/C38H34N4O6/c1-20-18-30(43)34-29(35(20)44)19-28-25(32(34)26-6-5-7-31(48-4)36(26)45)16-17-27-33(28)38(47)42(37(27)46)24-14-10-22(11-15-24)40-39-21-8-12-23(13-9-21)41(2)3/h5-16,18,27-28,32-33,45H,17,19H2,1-4H3. The number of aromatic hydroxyl groups is 1. The van der Waals surface area contributed by atoms with Gasteiger partial charge in [-0.25, -0.2) is 0 Å². The monoisotopic (exact) mass is 642 g/mol. The van der Waals surface area contributed by atoms with Gasteiger partial charge < -0.3 is 14.7 Å². The van der Waals surface area contributed by atoms with E-state index in [0.717, 1.165) is 11.3 Å². The summed E-state index contributed by atoms with van der Waals surface area (Å²) >= 11 is 0. The average molecular weight is 643 g/mol. The minimum atomic E-state index is -0.767. The Morgan fingerprint density at radius 3 is 2.19 bits per heavy atom. The third kappa shape index (κ3) is 4.95. The Labute approximate surface area is 277 Å². The fourth-order valence-corrected chi connectivity index (χ4v) is 7.53. The van der Waals surface area contributed by atoms with Gasteiger partial charge in [0.2, 0.25) is 11.8 Å². The number of ketones is 2. The predicted molar refractivity (Wildman–Crippen MR) is 180 cm³/mol. The first-order valence-electron chi connectivity index (χ1n) is 15.8. The predicted octanol–water partition coefficient (Wildman–Crippen LogP) is 6.52. The molecule has 1 N–H and O–H groups in total. The van der Waals surface area contributed by atoms with Crippen molar-refractivity contribution in [2.75, 3.05) is 31.0 Å². The van der Waals surface area contributed by atoms with Crippen LogP contribution >= 0.6 is 0 Å². The normalized spacial score (nSPS) is 23.5. The maximum absolute atomic E-state index is 14.2. The van der Waals surface area contributed by atoms with Crippen molar-refractivity contribution in [3.05, 3.63) is 107 Å². The summed E-state index contributed by atoms with van der Waals surface area (Å²) < 4.78 is 5.37. The molecule has 0 spiro atoms. The maximum atomic E-state index is 14.2. The van der Waals surface area contributed by atoms with Crippen LogP contribution in [-0.2, 0) is 19.2 Å². The largest absolute Gasteiger partial charge is 0.504 e. The van der Waals surface area contributed by atoms with Crippen molar-refractivity contribution < 1.29 is 29.0 Å². The van der Waals surface area contributed by atoms with Gasteiger partial charge in [-0.1, -0.05) is 23.8 Å². The van der Waals surface area contributed by atoms with E-state index in [2.05, 4.69) is 10.2 Å². The van der Waals surface area contributed by atoms with Gasteiger partial charge in [0, 0.05) is 48.0 Å². The number of fused-ring (bicyclic) bond motifs is 3. The highest BCUT2D eigenvalue weighted by atomic mass is 16.5. The van der Waals surface area contributed by atoms with E-state index in [4.69, 9.17) is 4.74 Å². The number of methoxy groups -OCH3 is 1. The molecular formula is C38H34N4O6. The molecule has 3 aromatic rings. The van der Waals surface area contributed by atoms with Gasteiger partial charge in [-0.2, -0.15) is 10.2 Å². The van der Waals surface area contributed by atoms with E-state index >= 15 is 0 Å². The van der Waals surface area contributed by atoms with Crippen molar-refractivity contribution >= 4 is 46.1 Å². The van der Waals surface area contributed by atoms with Gasteiger partial charge in [0.05, 0.1) is 36.0 Å². The van der Waals surface area contributed by atoms with Crippen molar-refractivity contribution in [1.29, 1.82) is 0 Å². The lowest BCUT2D eigenvalue weighted by Gasteiger charge is -2.42. The SMILES string of the molecule is COc1cccc(C2C3=CCC4C(=O)N(c5ccc(N=Nc6ccc(N(C)C)cc6)cc5)C(=O)C4C3CC3=C2C(=O)C=C(C)C3=O)c1O. The third-order valence-corrected chi connectivity index (χ3v) is 9.88. The highest BCUT2D eigenvalue weighted by Crippen LogP contribution is 2.57. The number of imide groups is 1. The molecule has 1 aliphatic heterocycles. The van der Waals surface area contributed by atoms with Crippen LogP contribution in [0, 0.1) is 17.8 Å². The number of Topliss-reactive ketones (excluding diaryl/α,β-unsaturated/α-hetero) is 1. The molecule has 7 rings (SSSR count). The number of azo groups is 1. The molecule has 2 amide bonds. The maximum Gasteiger partial charge on any atom is 0.238 e. The number of amides is 2. The second-order valence-corrected chi connectivity index (χ2v) is 12.8. The van der Waals surface area contributed by atoms with Crippen LogP contribution < -0.4 is 14.5 Å². The lowest BCUT2D eigenvalue weighted by atomic mass is 9.59. The van der Waals surface area contributed by atoms with E-state index in [1.54, 1.807) is 49.4 Å². The number of carbonyl (C=O) groups excluding carboxylic acids is 4. The fourth-order valence-electron chi connectivity index (χ4n) is 7.53. The first kappa shape index (κ1) is 31.0. The van der Waals surface area contributed by atoms with Crippen LogP contribution in [0.1, 0.15) is 31.2 Å². The summed E-state index contributed by atoms with van der Waals surface area (Å²) in [6.45, 7) is 1.60. The van der Waals surface area contributed by atoms with Crippen LogP contribution in [0.4, 0.5) is 22.7 Å². The van der Waals surface area contributed by atoms with E-state index < -0.39 is 23.7 Å². The Morgan fingerprint density at radius 1 is 0.875 bits per heavy atom. The second kappa shape index (κ2) is 11.9. The number of hydrogen-bond donors (Lipinski definition) is 1. The molecular weight excluding hydrogens is 608 g/mol. The molecule has 3 aliphatic carbocycles. The minimum Gasteiger partial charge on any atom is -0.504 e. The van der Waals surface area contributed by atoms with Crippen LogP contribution in [0.5, 0.6) is 11.5 Å². The lowest BCUT2D eigenvalue weighted by molar-refractivity contribution is -0.123. The van der Waals surface area contributed by atoms with E-state index in [0.29, 0.717) is 39.3 Å². The smallest absolute Gasteiger partial charge is 0.238 e. The number of rotatable bonds is 6. The molecule has 1 saturated heterocycles. The highest BCUT2D eigenvalue weighted by molar-refractivity contribution is 6.25. The number of phenolic OH excluding ortho intramolecular Hbond substituents is 1. The second-order valence-electron chi connectivity index (χ2n) is 12.8. The Morgan fingerprint density at radius 2 is 1.54 bits per heavy atom. The average Bonchev–Trinajstić information content (AvgIpc) is 3.35. The molecule has 0 bridgehead atoms. The number of anilines is 2. The van der Waals surface area contributed by atoms with Crippen molar-refractivity contribution in [2.45, 2.75) is 25.7 Å². The number of phenols is 1. The molecule has 0 aromatic heterocycles. The summed E-state index contributed by atoms with van der Waals surface area (Å²) in [4.78, 5) is 58.4. The first-order valence-corrected chi connectivity index (χ1v) is 15.8. The first-order chi connectivity index (χ1) is 23.1. The molecule has 4 unspecified atom stereocenters. The van der Waals surface area contributed by atoms with Gasteiger partial charge in [-0.05, 0) is 86.4 Å². The van der Waals surface area contributed by atoms with E-state index in [-0.39, 0.29) is 47.7 Å². The molecule has 1 fully saturated rings. The molecule has 4 aliphatic rings. The number of nitrogens with zero attached hydrogens (tertiary/aromatic N) is 4. The van der Waals surface area contributed by atoms with Crippen LogP contribution in [-0.4, -0.2) is 49.7 Å². The molecule has 10 nitrogen and oxygen atoms in total. The number of benzene rings is 3. The van der Waals surface area contributed by atoms with Gasteiger partial charge in [0.1, 0.15) is 0 Å². The number of ether oxygens (including phenoxy) is 1. The highest BCUT2D eigenvalue weighted by Gasteiger charge is 2.56. The number of para-hydroxylation sites is 1. The summed E-state index contributed by atoms with van der Waals surface area (Å²) in [6, 6.07) is 19.5. The number of allylic oxidation sites excluding steroid dienone is 6. The molecule has 3 aromatic carbocycles. The number of carbonyl (C=O) groups is 4. The summed E-state index contributed by atoms with van der Waals surface area (Å²) in [5.74, 6) is -3.76. The van der Waals surface area contributed by atoms with E-state index in [1.807, 2.05) is 49.3 Å². The molecule has 1 heterocycles. The van der Waals surface area contributed by atoms with Crippen LogP contribution in [0.25, 0.3) is 0 Å². The Kier molecular flexibility index (Phi) is 7.66. The van der Waals surface area contributed by atoms with E-state index in [1.165, 1.54) is 18.1 Å². The summed E-state index contributed by atoms with van der Waals surface area (Å²) in [5.41, 5.74) is 4.86. The Balaban J connectivity index is 1.21. The quantitative estimate of drug-likeness (QED) is 0.140. The Hall–Kier alpha value is -5.64. The van der Waals surface area contributed by atoms with Gasteiger partial charge in [0.25, 0.3) is 0 Å². The summed E-state index contributed by atoms with van der Waals surface area (Å²) in [7, 11) is 5.36. The van der Waals surface area contributed by atoms with Gasteiger partial charge in [-0.3, -0.25) is 24.1 Å². The zero-order chi connectivity index (χ0) is 33.9. The topological polar surface area (TPSA) is 129 Å². The zero-order valence-corrected chi connectivity index (χ0v) is 27.0. The molecule has 0 radical (unpaired) electrons. The van der Waals surface area contributed by atoms with Crippen molar-refractivity contribution in [3.63, 3.8) is 0 Å². The van der Waals surface area contributed by atoms with Crippen molar-refractivity contribution in [1.82, 2.24) is 0 Å². The minimum absolute atomic E-state index is 0.134. The molecule has 4 atom stereocenters. The van der Waals surface area contributed by atoms with Crippen LogP contribution in [0.2, 0.25) is 0 Å². The van der Waals surface area contributed by atoms with Gasteiger partial charge in [-0.15, -0.1) is 0 Å². The Bertz CT molecular complexity index is 2010. The van der Waals surface area contributed by atoms with Crippen molar-refractivity contribution in [2.24, 2.45) is 28.0 Å². The summed E-state index contributed by atoms with van der Waals surface area (Å²) in [6.07, 6.45) is 3.71. The van der Waals surface area contributed by atoms with Gasteiger partial charge in [0.15, 0.2) is 23.1 Å². The van der Waals surface area contributed by atoms with E-state index in [9.17, 15) is 24.3 Å². The van der Waals surface area contributed by atoms with Crippen molar-refractivity contribution in [3.8, 4) is 11.5 Å². The molecule has 0 saturated carbocycles. The third-order valence-electron chi connectivity index (χ3n) is 9.88. The van der Waals surface area contributed by atoms with Crippen LogP contribution in [0.3, 0.4) is 0 Å². The zero-order valence-electron chi connectivity index (χ0n) is 27.0. The summed E-state index contributed by atoms with van der Waals surface area (Å²) in [5, 5.41) is 19.8.